The molecule has 0 radical (unpaired) electrons. The summed E-state index contributed by atoms with van der Waals surface area (Å²) in [5, 5.41) is 15.3. The third-order valence-electron chi connectivity index (χ3n) is 2.48. The van der Waals surface area contributed by atoms with Crippen LogP contribution in [0.3, 0.4) is 0 Å². The fourth-order valence-corrected chi connectivity index (χ4v) is 2.32. The molecule has 0 saturated heterocycles. The van der Waals surface area contributed by atoms with Crippen molar-refractivity contribution in [3.05, 3.63) is 41.7 Å². The first-order valence-corrected chi connectivity index (χ1v) is 6.73. The van der Waals surface area contributed by atoms with Gasteiger partial charge in [0.2, 0.25) is 4.96 Å². The molecule has 0 spiro atoms. The lowest BCUT2D eigenvalue weighted by Gasteiger charge is -2.05. The highest BCUT2D eigenvalue weighted by Crippen LogP contribution is 2.11. The quantitative estimate of drug-likeness (QED) is 0.754. The molecule has 2 aromatic heterocycles. The zero-order valence-electron chi connectivity index (χ0n) is 10.4. The Morgan fingerprint density at radius 2 is 2.20 bits per heavy atom. The highest BCUT2D eigenvalue weighted by atomic mass is 32.1. The third-order valence-corrected chi connectivity index (χ3v) is 3.39. The summed E-state index contributed by atoms with van der Waals surface area (Å²) in [6.07, 6.45) is 1.52. The van der Waals surface area contributed by atoms with Crippen molar-refractivity contribution in [1.82, 2.24) is 25.1 Å². The van der Waals surface area contributed by atoms with Gasteiger partial charge in [-0.05, 0) is 12.1 Å². The largest absolute Gasteiger partial charge is 0.484 e. The Balaban J connectivity index is 1.48. The van der Waals surface area contributed by atoms with Crippen molar-refractivity contribution >= 4 is 22.2 Å². The number of ether oxygens (including phenoxy) is 1. The molecule has 20 heavy (non-hydrogen) atoms. The van der Waals surface area contributed by atoms with E-state index in [0.29, 0.717) is 17.3 Å². The first-order valence-electron chi connectivity index (χ1n) is 5.91. The van der Waals surface area contributed by atoms with Crippen LogP contribution in [0.5, 0.6) is 5.75 Å². The molecule has 8 heteroatoms. The average Bonchev–Trinajstić information content (AvgIpc) is 3.05. The Kier molecular flexibility index (Phi) is 3.55. The normalized spacial score (nSPS) is 10.6. The van der Waals surface area contributed by atoms with E-state index in [2.05, 4.69) is 20.6 Å². The summed E-state index contributed by atoms with van der Waals surface area (Å²) < 4.78 is 6.92. The topological polar surface area (TPSA) is 81.4 Å². The molecule has 0 bridgehead atoms. The Labute approximate surface area is 118 Å². The van der Waals surface area contributed by atoms with Crippen LogP contribution in [0.15, 0.2) is 36.7 Å². The van der Waals surface area contributed by atoms with E-state index in [4.69, 9.17) is 4.74 Å². The Morgan fingerprint density at radius 3 is 3.00 bits per heavy atom. The number of hydrogen-bond acceptors (Lipinski definition) is 6. The lowest BCUT2D eigenvalue weighted by atomic mass is 10.3. The van der Waals surface area contributed by atoms with Crippen LogP contribution in [-0.4, -0.2) is 32.3 Å². The van der Waals surface area contributed by atoms with Gasteiger partial charge in [-0.3, -0.25) is 4.79 Å². The van der Waals surface area contributed by atoms with Crippen LogP contribution in [0, 0.1) is 0 Å². The molecule has 0 saturated carbocycles. The third kappa shape index (κ3) is 2.91. The van der Waals surface area contributed by atoms with Crippen molar-refractivity contribution < 1.29 is 9.53 Å². The Bertz CT molecular complexity index is 680. The summed E-state index contributed by atoms with van der Waals surface area (Å²) in [6, 6.07) is 9.20. The van der Waals surface area contributed by atoms with Gasteiger partial charge in [-0.15, -0.1) is 10.2 Å². The zero-order valence-corrected chi connectivity index (χ0v) is 11.2. The number of benzene rings is 1. The van der Waals surface area contributed by atoms with Gasteiger partial charge in [0.25, 0.3) is 5.91 Å². The van der Waals surface area contributed by atoms with Crippen LogP contribution in [0.25, 0.3) is 4.96 Å². The van der Waals surface area contributed by atoms with Crippen molar-refractivity contribution in [2.75, 3.05) is 6.61 Å². The number of amides is 1. The van der Waals surface area contributed by atoms with Crippen molar-refractivity contribution in [2.24, 2.45) is 0 Å². The van der Waals surface area contributed by atoms with Crippen molar-refractivity contribution in [1.29, 1.82) is 0 Å². The number of aromatic nitrogens is 4. The second-order valence-corrected chi connectivity index (χ2v) is 4.97. The fourth-order valence-electron chi connectivity index (χ4n) is 1.56. The van der Waals surface area contributed by atoms with E-state index in [0.717, 1.165) is 5.01 Å². The molecule has 2 heterocycles. The number of nitrogens with one attached hydrogen (secondary N) is 1. The minimum absolute atomic E-state index is 0.0198. The van der Waals surface area contributed by atoms with Crippen LogP contribution in [0.4, 0.5) is 0 Å². The standard InChI is InChI=1S/C12H11N5O2S/c18-10(7-19-9-4-2-1-3-5-9)13-6-11-16-17-8-14-15-12(17)20-11/h1-5,8H,6-7H2,(H,13,18). The van der Waals surface area contributed by atoms with Crippen molar-refractivity contribution in [3.8, 4) is 5.75 Å². The van der Waals surface area contributed by atoms with Gasteiger partial charge in [-0.1, -0.05) is 29.5 Å². The fraction of sp³-hybridized carbons (Fsp3) is 0.167. The first kappa shape index (κ1) is 12.5. The molecule has 102 valence electrons. The highest BCUT2D eigenvalue weighted by molar-refractivity contribution is 7.16. The van der Waals surface area contributed by atoms with E-state index < -0.39 is 0 Å². The van der Waals surface area contributed by atoms with Gasteiger partial charge < -0.3 is 10.1 Å². The predicted molar refractivity (Wildman–Crippen MR) is 72.4 cm³/mol. The van der Waals surface area contributed by atoms with Gasteiger partial charge in [-0.25, -0.2) is 0 Å². The van der Waals surface area contributed by atoms with Crippen LogP contribution in [0.2, 0.25) is 0 Å². The molecule has 1 aromatic carbocycles. The van der Waals surface area contributed by atoms with Crippen LogP contribution < -0.4 is 10.1 Å². The molecule has 0 aliphatic carbocycles. The van der Waals surface area contributed by atoms with E-state index in [1.54, 1.807) is 16.6 Å². The molecule has 3 rings (SSSR count). The SMILES string of the molecule is O=C(COc1ccccc1)NCc1nn2cnnc2s1. The summed E-state index contributed by atoms with van der Waals surface area (Å²) in [5.41, 5.74) is 0. The summed E-state index contributed by atoms with van der Waals surface area (Å²) in [5.74, 6) is 0.473. The monoisotopic (exact) mass is 289 g/mol. The molecule has 0 aliphatic rings. The number of fused-ring (bicyclic) bond motifs is 1. The number of para-hydroxylation sites is 1. The second-order valence-electron chi connectivity index (χ2n) is 3.93. The molecule has 0 atom stereocenters. The summed E-state index contributed by atoms with van der Waals surface area (Å²) in [4.78, 5) is 12.4. The van der Waals surface area contributed by atoms with Gasteiger partial charge in [0.15, 0.2) is 6.61 Å². The van der Waals surface area contributed by atoms with E-state index >= 15 is 0 Å². The number of nitrogens with zero attached hydrogens (tertiary/aromatic N) is 4. The molecule has 1 amide bonds. The van der Waals surface area contributed by atoms with Gasteiger partial charge in [0.05, 0.1) is 6.54 Å². The zero-order chi connectivity index (χ0) is 13.8. The molecular formula is C12H11N5O2S. The predicted octanol–water partition coefficient (Wildman–Crippen LogP) is 0.881. The number of rotatable bonds is 5. The molecule has 1 N–H and O–H groups in total. The smallest absolute Gasteiger partial charge is 0.258 e. The van der Waals surface area contributed by atoms with Gasteiger partial charge in [0.1, 0.15) is 17.1 Å². The summed E-state index contributed by atoms with van der Waals surface area (Å²) >= 11 is 1.38. The van der Waals surface area contributed by atoms with Crippen LogP contribution in [0.1, 0.15) is 5.01 Å². The van der Waals surface area contributed by atoms with E-state index in [-0.39, 0.29) is 12.5 Å². The summed E-state index contributed by atoms with van der Waals surface area (Å²) in [7, 11) is 0. The summed E-state index contributed by atoms with van der Waals surface area (Å²) in [6.45, 7) is 0.332. The Morgan fingerprint density at radius 1 is 1.35 bits per heavy atom. The van der Waals surface area contributed by atoms with E-state index in [9.17, 15) is 4.79 Å². The average molecular weight is 289 g/mol. The first-order chi connectivity index (χ1) is 9.81. The molecule has 0 fully saturated rings. The highest BCUT2D eigenvalue weighted by Gasteiger charge is 2.07. The number of hydrogen-bond donors (Lipinski definition) is 1. The maximum absolute atomic E-state index is 11.6. The molecule has 0 unspecified atom stereocenters. The molecule has 0 aliphatic heterocycles. The second kappa shape index (κ2) is 5.66. The number of carbonyl (C=O) groups is 1. The molecule has 7 nitrogen and oxygen atoms in total. The lowest BCUT2D eigenvalue weighted by Crippen LogP contribution is -2.28. The molecule has 3 aromatic rings. The van der Waals surface area contributed by atoms with Crippen LogP contribution in [-0.2, 0) is 11.3 Å². The maximum atomic E-state index is 11.6. The van der Waals surface area contributed by atoms with Crippen LogP contribution >= 0.6 is 11.3 Å². The molecular weight excluding hydrogens is 278 g/mol. The van der Waals surface area contributed by atoms with E-state index in [1.165, 1.54) is 17.7 Å². The lowest BCUT2D eigenvalue weighted by molar-refractivity contribution is -0.123. The minimum Gasteiger partial charge on any atom is -0.484 e. The van der Waals surface area contributed by atoms with Gasteiger partial charge in [-0.2, -0.15) is 9.61 Å². The minimum atomic E-state index is -0.195. The number of carbonyl (C=O) groups excluding carboxylic acids is 1. The van der Waals surface area contributed by atoms with Crippen molar-refractivity contribution in [2.45, 2.75) is 6.54 Å². The van der Waals surface area contributed by atoms with E-state index in [1.807, 2.05) is 18.2 Å². The maximum Gasteiger partial charge on any atom is 0.258 e. The van der Waals surface area contributed by atoms with Crippen molar-refractivity contribution in [3.63, 3.8) is 0 Å². The van der Waals surface area contributed by atoms with Gasteiger partial charge >= 0.3 is 0 Å². The Hall–Kier alpha value is -2.48. The van der Waals surface area contributed by atoms with Gasteiger partial charge in [0, 0.05) is 0 Å².